The Balaban J connectivity index is 0.00000364. The molecule has 1 aliphatic heterocycles. The van der Waals surface area contributed by atoms with Gasteiger partial charge in [-0.15, -0.1) is 12.4 Å². The van der Waals surface area contributed by atoms with Crippen molar-refractivity contribution in [3.05, 3.63) is 35.4 Å². The first kappa shape index (κ1) is 23.4. The molecule has 1 saturated heterocycles. The molecule has 1 atom stereocenters. The lowest BCUT2D eigenvalue weighted by Crippen LogP contribution is -2.54. The molecule has 2 rings (SSSR count). The van der Waals surface area contributed by atoms with Crippen LogP contribution in [0.1, 0.15) is 63.4 Å². The molecule has 1 aromatic carbocycles. The molecule has 0 saturated carbocycles. The summed E-state index contributed by atoms with van der Waals surface area (Å²) >= 11 is 0. The molecule has 0 aromatic heterocycles. The van der Waals surface area contributed by atoms with Gasteiger partial charge in [-0.3, -0.25) is 9.59 Å². The second kappa shape index (κ2) is 9.56. The van der Waals surface area contributed by atoms with Crippen molar-refractivity contribution in [2.45, 2.75) is 65.0 Å². The quantitative estimate of drug-likeness (QED) is 0.822. The zero-order valence-corrected chi connectivity index (χ0v) is 17.9. The van der Waals surface area contributed by atoms with Crippen LogP contribution in [0.3, 0.4) is 0 Å². The van der Waals surface area contributed by atoms with Crippen LogP contribution >= 0.6 is 12.4 Å². The zero-order valence-electron chi connectivity index (χ0n) is 17.1. The van der Waals surface area contributed by atoms with Gasteiger partial charge >= 0.3 is 0 Å². The highest BCUT2D eigenvalue weighted by Gasteiger charge is 2.30. The van der Waals surface area contributed by atoms with E-state index in [1.165, 1.54) is 5.56 Å². The van der Waals surface area contributed by atoms with Crippen molar-refractivity contribution in [3.8, 4) is 0 Å². The maximum atomic E-state index is 12.9. The third-order valence-electron chi connectivity index (χ3n) is 5.08. The van der Waals surface area contributed by atoms with Gasteiger partial charge < -0.3 is 16.0 Å². The number of nitrogens with two attached hydrogens (primary N) is 1. The third kappa shape index (κ3) is 6.22. The predicted molar refractivity (Wildman–Crippen MR) is 112 cm³/mol. The maximum Gasteiger partial charge on any atom is 0.251 e. The highest BCUT2D eigenvalue weighted by molar-refractivity contribution is 5.97. The van der Waals surface area contributed by atoms with E-state index < -0.39 is 6.04 Å². The molecule has 1 heterocycles. The van der Waals surface area contributed by atoms with Gasteiger partial charge in [-0.2, -0.15) is 0 Å². The van der Waals surface area contributed by atoms with Gasteiger partial charge in [-0.1, -0.05) is 46.8 Å². The van der Waals surface area contributed by atoms with Gasteiger partial charge in [0, 0.05) is 24.7 Å². The number of halogens is 1. The fraction of sp³-hybridized carbons (Fsp3) is 0.619. The Labute approximate surface area is 169 Å². The van der Waals surface area contributed by atoms with Crippen LogP contribution in [0.25, 0.3) is 0 Å². The molecule has 0 spiro atoms. The Morgan fingerprint density at radius 1 is 1.11 bits per heavy atom. The number of amides is 2. The summed E-state index contributed by atoms with van der Waals surface area (Å²) in [4.78, 5) is 27.4. The minimum absolute atomic E-state index is 0. The Kier molecular flexibility index (Phi) is 8.30. The van der Waals surface area contributed by atoms with Gasteiger partial charge in [-0.05, 0) is 41.9 Å². The number of hydrogen-bond acceptors (Lipinski definition) is 3. The van der Waals surface area contributed by atoms with Crippen LogP contribution in [0.5, 0.6) is 0 Å². The van der Waals surface area contributed by atoms with Crippen molar-refractivity contribution in [2.24, 2.45) is 11.7 Å². The van der Waals surface area contributed by atoms with Gasteiger partial charge in [0.2, 0.25) is 5.91 Å². The summed E-state index contributed by atoms with van der Waals surface area (Å²) in [5.74, 6) is -0.186. The van der Waals surface area contributed by atoms with Crippen LogP contribution in [-0.4, -0.2) is 41.9 Å². The van der Waals surface area contributed by atoms with E-state index in [9.17, 15) is 9.59 Å². The normalized spacial score (nSPS) is 16.6. The lowest BCUT2D eigenvalue weighted by Gasteiger charge is -2.34. The standard InChI is InChI=1S/C21H33N3O2.ClH/c1-14(2)18(20(26)24-12-10-17(22)11-13-24)23-19(25)15-6-8-16(9-7-15)21(3,4)5;/h6-9,14,17-18H,10-13,22H2,1-5H3,(H,23,25);1H. The highest BCUT2D eigenvalue weighted by atomic mass is 35.5. The SMILES string of the molecule is CC(C)C(NC(=O)c1ccc(C(C)(C)C)cc1)C(=O)N1CCC(N)CC1.Cl. The molecule has 1 aromatic rings. The molecule has 0 aliphatic carbocycles. The molecular formula is C21H34ClN3O2. The second-order valence-corrected chi connectivity index (χ2v) is 8.69. The molecule has 0 bridgehead atoms. The molecule has 3 N–H and O–H groups in total. The number of benzene rings is 1. The van der Waals surface area contributed by atoms with E-state index in [1.807, 2.05) is 43.0 Å². The monoisotopic (exact) mass is 395 g/mol. The van der Waals surface area contributed by atoms with Crippen molar-refractivity contribution in [3.63, 3.8) is 0 Å². The van der Waals surface area contributed by atoms with Gasteiger partial charge in [0.1, 0.15) is 6.04 Å². The van der Waals surface area contributed by atoms with Crippen LogP contribution in [0, 0.1) is 5.92 Å². The van der Waals surface area contributed by atoms with E-state index >= 15 is 0 Å². The highest BCUT2D eigenvalue weighted by Crippen LogP contribution is 2.22. The molecule has 27 heavy (non-hydrogen) atoms. The van der Waals surface area contributed by atoms with E-state index in [0.717, 1.165) is 12.8 Å². The van der Waals surface area contributed by atoms with E-state index in [-0.39, 0.29) is 41.6 Å². The molecule has 1 aliphatic rings. The fourth-order valence-electron chi connectivity index (χ4n) is 3.18. The number of piperidine rings is 1. The summed E-state index contributed by atoms with van der Waals surface area (Å²) in [6.45, 7) is 11.7. The van der Waals surface area contributed by atoms with Crippen LogP contribution < -0.4 is 11.1 Å². The van der Waals surface area contributed by atoms with Gasteiger partial charge in [0.25, 0.3) is 5.91 Å². The smallest absolute Gasteiger partial charge is 0.251 e. The van der Waals surface area contributed by atoms with E-state index in [2.05, 4.69) is 26.1 Å². The van der Waals surface area contributed by atoms with E-state index in [1.54, 1.807) is 0 Å². The van der Waals surface area contributed by atoms with Crippen molar-refractivity contribution >= 4 is 24.2 Å². The van der Waals surface area contributed by atoms with Crippen LogP contribution in [-0.2, 0) is 10.2 Å². The third-order valence-corrected chi connectivity index (χ3v) is 5.08. The number of rotatable bonds is 4. The Bertz CT molecular complexity index is 630. The van der Waals surface area contributed by atoms with Gasteiger partial charge in [0.05, 0.1) is 0 Å². The lowest BCUT2D eigenvalue weighted by atomic mass is 9.86. The molecule has 5 nitrogen and oxygen atoms in total. The topological polar surface area (TPSA) is 75.4 Å². The minimum Gasteiger partial charge on any atom is -0.341 e. The number of nitrogens with zero attached hydrogens (tertiary/aromatic N) is 1. The summed E-state index contributed by atoms with van der Waals surface area (Å²) < 4.78 is 0. The van der Waals surface area contributed by atoms with Crippen molar-refractivity contribution in [1.82, 2.24) is 10.2 Å². The molecular weight excluding hydrogens is 362 g/mol. The van der Waals surface area contributed by atoms with Crippen LogP contribution in [0.2, 0.25) is 0 Å². The number of carbonyl (C=O) groups is 2. The number of hydrogen-bond donors (Lipinski definition) is 2. The first-order valence-electron chi connectivity index (χ1n) is 9.55. The summed E-state index contributed by atoms with van der Waals surface area (Å²) in [5.41, 5.74) is 7.72. The minimum atomic E-state index is -0.515. The second-order valence-electron chi connectivity index (χ2n) is 8.69. The lowest BCUT2D eigenvalue weighted by molar-refractivity contribution is -0.135. The Morgan fingerprint density at radius 3 is 2.07 bits per heavy atom. The molecule has 0 radical (unpaired) electrons. The van der Waals surface area contributed by atoms with Crippen molar-refractivity contribution in [2.75, 3.05) is 13.1 Å². The number of likely N-dealkylation sites (tertiary alicyclic amines) is 1. The first-order valence-corrected chi connectivity index (χ1v) is 9.55. The number of carbonyl (C=O) groups excluding carboxylic acids is 2. The maximum absolute atomic E-state index is 12.9. The van der Waals surface area contributed by atoms with E-state index in [0.29, 0.717) is 18.7 Å². The van der Waals surface area contributed by atoms with Crippen molar-refractivity contribution in [1.29, 1.82) is 0 Å². The van der Waals surface area contributed by atoms with Crippen LogP contribution in [0.15, 0.2) is 24.3 Å². The molecule has 6 heteroatoms. The van der Waals surface area contributed by atoms with Crippen LogP contribution in [0.4, 0.5) is 0 Å². The zero-order chi connectivity index (χ0) is 19.5. The average molecular weight is 396 g/mol. The van der Waals surface area contributed by atoms with Crippen molar-refractivity contribution < 1.29 is 9.59 Å². The van der Waals surface area contributed by atoms with E-state index in [4.69, 9.17) is 5.73 Å². The predicted octanol–water partition coefficient (Wildman–Crippen LogP) is 3.11. The summed E-state index contributed by atoms with van der Waals surface area (Å²) in [7, 11) is 0. The first-order chi connectivity index (χ1) is 12.1. The Morgan fingerprint density at radius 2 is 1.63 bits per heavy atom. The molecule has 152 valence electrons. The molecule has 1 unspecified atom stereocenters. The summed E-state index contributed by atoms with van der Waals surface area (Å²) in [6, 6.07) is 7.28. The summed E-state index contributed by atoms with van der Waals surface area (Å²) in [5, 5.41) is 2.94. The van der Waals surface area contributed by atoms with Gasteiger partial charge in [-0.25, -0.2) is 0 Å². The number of nitrogens with one attached hydrogen (secondary N) is 1. The fourth-order valence-corrected chi connectivity index (χ4v) is 3.18. The largest absolute Gasteiger partial charge is 0.341 e. The Hall–Kier alpha value is -1.59. The van der Waals surface area contributed by atoms with Gasteiger partial charge in [0.15, 0.2) is 0 Å². The average Bonchev–Trinajstić information content (AvgIpc) is 2.58. The molecule has 2 amide bonds. The summed E-state index contributed by atoms with van der Waals surface area (Å²) in [6.07, 6.45) is 1.64. The molecule has 1 fully saturated rings.